The van der Waals surface area contributed by atoms with E-state index in [-0.39, 0.29) is 11.1 Å². The number of rotatable bonds is 9. The van der Waals surface area contributed by atoms with Gasteiger partial charge in [-0.05, 0) is 141 Å². The van der Waals surface area contributed by atoms with Crippen molar-refractivity contribution in [1.29, 1.82) is 0 Å². The summed E-state index contributed by atoms with van der Waals surface area (Å²) in [5.74, 6) is 2.28. The normalized spacial score (nSPS) is 14.8. The molecule has 2 fully saturated rings. The van der Waals surface area contributed by atoms with Crippen molar-refractivity contribution in [1.82, 2.24) is 44.0 Å². The van der Waals surface area contributed by atoms with Crippen molar-refractivity contribution in [2.45, 2.75) is 49.6 Å². The molecule has 14 nitrogen and oxygen atoms in total. The van der Waals surface area contributed by atoms with E-state index in [1.807, 2.05) is 85.7 Å². The molecule has 9 N–H and O–H groups in total. The summed E-state index contributed by atoms with van der Waals surface area (Å²) in [5, 5.41) is 0. The van der Waals surface area contributed by atoms with Gasteiger partial charge in [-0.25, -0.2) is 29.9 Å². The van der Waals surface area contributed by atoms with Crippen molar-refractivity contribution in [3.05, 3.63) is 163 Å². The molecule has 0 aliphatic heterocycles. The van der Waals surface area contributed by atoms with E-state index < -0.39 is 0 Å². The van der Waals surface area contributed by atoms with Crippen molar-refractivity contribution < 1.29 is 0 Å². The van der Waals surface area contributed by atoms with Gasteiger partial charge < -0.3 is 32.8 Å². The summed E-state index contributed by atoms with van der Waals surface area (Å²) < 4.78 is 4.11. The maximum absolute atomic E-state index is 6.58. The molecule has 2 saturated carbocycles. The highest BCUT2D eigenvalue weighted by molar-refractivity contribution is 5.86. The van der Waals surface area contributed by atoms with E-state index in [0.717, 1.165) is 98.7 Å². The van der Waals surface area contributed by atoms with Gasteiger partial charge in [-0.3, -0.25) is 9.13 Å². The quantitative estimate of drug-likeness (QED) is 0.0921. The fourth-order valence-electron chi connectivity index (χ4n) is 9.30. The van der Waals surface area contributed by atoms with Crippen LogP contribution in [-0.4, -0.2) is 58.1 Å². The second-order valence-corrected chi connectivity index (χ2v) is 18.2. The van der Waals surface area contributed by atoms with Crippen LogP contribution in [0.25, 0.3) is 79.0 Å². The summed E-state index contributed by atoms with van der Waals surface area (Å²) in [4.78, 5) is 33.6. The topological polar surface area (TPSA) is 210 Å². The molecule has 0 atom stereocenters. The van der Waals surface area contributed by atoms with Crippen molar-refractivity contribution in [3.8, 4) is 56.7 Å². The number of anilines is 3. The van der Waals surface area contributed by atoms with Crippen molar-refractivity contribution in [3.63, 3.8) is 0 Å². The Labute approximate surface area is 393 Å². The Bertz CT molecular complexity index is 3430. The fourth-order valence-corrected chi connectivity index (χ4v) is 9.30. The minimum absolute atomic E-state index is 0.203. The van der Waals surface area contributed by atoms with Gasteiger partial charge in [0.2, 0.25) is 0 Å². The summed E-state index contributed by atoms with van der Waals surface area (Å²) in [5.41, 5.74) is 39.1. The molecule has 10 aromatic rings. The summed E-state index contributed by atoms with van der Waals surface area (Å²) >= 11 is 0. The van der Waals surface area contributed by atoms with Gasteiger partial charge in [-0.15, -0.1) is 0 Å². The molecular formula is C54H52N14. The molecule has 0 spiro atoms. The maximum Gasteiger partial charge on any atom is 0.165 e. The summed E-state index contributed by atoms with van der Waals surface area (Å²) in [6.45, 7) is 0. The van der Waals surface area contributed by atoms with Gasteiger partial charge in [-0.1, -0.05) is 36.4 Å². The minimum Gasteiger partial charge on any atom is -0.383 e. The first-order chi connectivity index (χ1) is 33.0. The van der Waals surface area contributed by atoms with Gasteiger partial charge in [0.05, 0.1) is 22.5 Å². The SMILES string of the molecule is CN(C)c1cccc(-c2ccc3nc(-c4cccnc4N)n(-c4ccc(C5(N)CCC5)cc4)c3n2)c1.Nc1ncccc1-c1nc2ccc(-c3cc[nH]c3)nc2n1-c1ccc(C2(N)CCC2)cc1. The molecule has 0 radical (unpaired) electrons. The van der Waals surface area contributed by atoms with E-state index in [9.17, 15) is 0 Å². The van der Waals surface area contributed by atoms with Gasteiger partial charge in [0.25, 0.3) is 0 Å². The number of aromatic amines is 1. The predicted molar refractivity (Wildman–Crippen MR) is 272 cm³/mol. The Morgan fingerprint density at radius 3 is 1.47 bits per heavy atom. The lowest BCUT2D eigenvalue weighted by atomic mass is 9.73. The zero-order valence-electron chi connectivity index (χ0n) is 38.0. The second-order valence-electron chi connectivity index (χ2n) is 18.2. The van der Waals surface area contributed by atoms with Crippen LogP contribution in [0.4, 0.5) is 17.3 Å². The van der Waals surface area contributed by atoms with E-state index in [1.165, 1.54) is 24.0 Å². The first-order valence-electron chi connectivity index (χ1n) is 23.0. The smallest absolute Gasteiger partial charge is 0.165 e. The average molecular weight is 897 g/mol. The molecule has 3 aromatic carbocycles. The molecule has 0 bridgehead atoms. The van der Waals surface area contributed by atoms with Crippen molar-refractivity contribution in [2.24, 2.45) is 11.5 Å². The highest BCUT2D eigenvalue weighted by Crippen LogP contribution is 2.41. The third-order valence-corrected chi connectivity index (χ3v) is 13.6. The van der Waals surface area contributed by atoms with Crippen LogP contribution >= 0.6 is 0 Å². The van der Waals surface area contributed by atoms with Crippen LogP contribution < -0.4 is 27.8 Å². The number of benzene rings is 3. The zero-order valence-corrected chi connectivity index (χ0v) is 38.0. The molecule has 7 aromatic heterocycles. The summed E-state index contributed by atoms with van der Waals surface area (Å²) in [7, 11) is 4.07. The van der Waals surface area contributed by atoms with E-state index >= 15 is 0 Å². The Kier molecular flexibility index (Phi) is 10.5. The standard InChI is InChI=1S/C29H29N7.C25H23N7/c1-35(2)22-7-3-6-19(18-22)24-13-14-25-28(33-24)36(27(34-25)23-8-4-17-32-26(23)30)21-11-9-20(10-12-21)29(31)15-5-16-29;26-22-19(3-1-13-29-22)23-31-21-9-8-20(16-10-14-28-15-16)30-24(21)32(23)18-6-4-17(5-7-18)25(27)11-2-12-25/h3-4,6-14,17-18H,5,15-16,31H2,1-2H3,(H2,30,32);1,3-10,13-15,28H,2,11-12,27H2,(H2,26,29). The number of hydrogen-bond acceptors (Lipinski definition) is 11. The Morgan fingerprint density at radius 1 is 0.544 bits per heavy atom. The number of nitrogens with zero attached hydrogens (tertiary/aromatic N) is 9. The van der Waals surface area contributed by atoms with E-state index in [0.29, 0.717) is 23.3 Å². The first-order valence-corrected chi connectivity index (χ1v) is 23.0. The highest BCUT2D eigenvalue weighted by Gasteiger charge is 2.35. The second kappa shape index (κ2) is 16.9. The number of aromatic nitrogens is 9. The van der Waals surface area contributed by atoms with Crippen LogP contribution in [0.1, 0.15) is 49.7 Å². The molecule has 0 unspecified atom stereocenters. The number of nitrogens with two attached hydrogens (primary N) is 4. The first kappa shape index (κ1) is 42.4. The molecule has 12 rings (SSSR count). The van der Waals surface area contributed by atoms with E-state index in [1.54, 1.807) is 12.4 Å². The molecule has 2 aliphatic carbocycles. The molecule has 14 heteroatoms. The van der Waals surface area contributed by atoms with Gasteiger partial charge >= 0.3 is 0 Å². The van der Waals surface area contributed by atoms with Crippen LogP contribution in [0, 0.1) is 0 Å². The lowest BCUT2D eigenvalue weighted by molar-refractivity contribution is 0.253. The van der Waals surface area contributed by atoms with Crippen LogP contribution in [0.5, 0.6) is 0 Å². The van der Waals surface area contributed by atoms with E-state index in [2.05, 4.69) is 97.2 Å². The third-order valence-electron chi connectivity index (χ3n) is 13.6. The summed E-state index contributed by atoms with van der Waals surface area (Å²) in [6, 6.07) is 42.9. The largest absolute Gasteiger partial charge is 0.383 e. The minimum atomic E-state index is -0.213. The predicted octanol–water partition coefficient (Wildman–Crippen LogP) is 9.53. The number of pyridine rings is 4. The molecule has 0 saturated heterocycles. The molecular weight excluding hydrogens is 845 g/mol. The fraction of sp³-hybridized carbons (Fsp3) is 0.185. The number of H-pyrrole nitrogens is 1. The van der Waals surface area contributed by atoms with Crippen LogP contribution in [0.2, 0.25) is 0 Å². The lowest BCUT2D eigenvalue weighted by Gasteiger charge is -2.38. The van der Waals surface area contributed by atoms with Gasteiger partial charge in [-0.2, -0.15) is 0 Å². The number of nitrogen functional groups attached to an aromatic ring is 2. The average Bonchev–Trinajstić information content (AvgIpc) is 4.11. The van der Waals surface area contributed by atoms with Gasteiger partial charge in [0.15, 0.2) is 22.9 Å². The number of nitrogens with one attached hydrogen (secondary N) is 1. The van der Waals surface area contributed by atoms with Crippen LogP contribution in [-0.2, 0) is 11.1 Å². The molecule has 68 heavy (non-hydrogen) atoms. The van der Waals surface area contributed by atoms with E-state index in [4.69, 9.17) is 42.9 Å². The van der Waals surface area contributed by atoms with Crippen molar-refractivity contribution >= 4 is 39.7 Å². The lowest BCUT2D eigenvalue weighted by Crippen LogP contribution is -2.43. The van der Waals surface area contributed by atoms with Crippen LogP contribution in [0.3, 0.4) is 0 Å². The Balaban J connectivity index is 0.000000150. The molecule has 2 aliphatic rings. The third kappa shape index (κ3) is 7.58. The zero-order chi connectivity index (χ0) is 46.6. The van der Waals surface area contributed by atoms with Gasteiger partial charge in [0.1, 0.15) is 22.7 Å². The number of fused-ring (bicyclic) bond motifs is 2. The Hall–Kier alpha value is -8.20. The Morgan fingerprint density at radius 2 is 1.04 bits per heavy atom. The molecule has 7 heterocycles. The molecule has 0 amide bonds. The molecule has 338 valence electrons. The maximum atomic E-state index is 6.58. The van der Waals surface area contributed by atoms with Crippen LogP contribution in [0.15, 0.2) is 152 Å². The number of imidazole rings is 2. The summed E-state index contributed by atoms with van der Waals surface area (Å²) in [6.07, 6.45) is 13.7. The number of hydrogen-bond donors (Lipinski definition) is 5. The highest BCUT2D eigenvalue weighted by atomic mass is 15.2. The van der Waals surface area contributed by atoms with Gasteiger partial charge in [0, 0.05) is 78.1 Å². The van der Waals surface area contributed by atoms with Crippen molar-refractivity contribution in [2.75, 3.05) is 30.5 Å². The monoisotopic (exact) mass is 896 g/mol.